The second-order valence-corrected chi connectivity index (χ2v) is 6.62. The molecule has 4 atom stereocenters. The summed E-state index contributed by atoms with van der Waals surface area (Å²) in [6.45, 7) is 15.7. The fourth-order valence-corrected chi connectivity index (χ4v) is 2.17. The van der Waals surface area contributed by atoms with Gasteiger partial charge in [0.1, 0.15) is 0 Å². The molecule has 0 aliphatic rings. The number of aliphatic hydroxyl groups is 1. The molecule has 0 saturated heterocycles. The van der Waals surface area contributed by atoms with Gasteiger partial charge in [0.05, 0.1) is 43.7 Å². The highest BCUT2D eigenvalue weighted by Crippen LogP contribution is 2.28. The van der Waals surface area contributed by atoms with Crippen LogP contribution in [-0.2, 0) is 14.2 Å². The molecule has 1 N–H and O–H groups in total. The van der Waals surface area contributed by atoms with Crippen LogP contribution in [0.25, 0.3) is 0 Å². The molecule has 21 heavy (non-hydrogen) atoms. The van der Waals surface area contributed by atoms with Crippen molar-refractivity contribution in [2.45, 2.75) is 85.2 Å². The zero-order valence-electron chi connectivity index (χ0n) is 15.0. The molecule has 0 spiro atoms. The second-order valence-electron chi connectivity index (χ2n) is 6.62. The Morgan fingerprint density at radius 3 is 1.90 bits per heavy atom. The van der Waals surface area contributed by atoms with Crippen molar-refractivity contribution in [2.75, 3.05) is 19.8 Å². The van der Waals surface area contributed by atoms with Gasteiger partial charge in [0.15, 0.2) is 0 Å². The van der Waals surface area contributed by atoms with Gasteiger partial charge in [0, 0.05) is 0 Å². The first-order valence-corrected chi connectivity index (χ1v) is 8.27. The number of hydrogen-bond acceptors (Lipinski definition) is 4. The van der Waals surface area contributed by atoms with E-state index in [4.69, 9.17) is 19.3 Å². The van der Waals surface area contributed by atoms with Crippen LogP contribution in [0.5, 0.6) is 0 Å². The summed E-state index contributed by atoms with van der Waals surface area (Å²) in [5.74, 6) is 0.478. The van der Waals surface area contributed by atoms with E-state index in [0.29, 0.717) is 19.1 Å². The minimum atomic E-state index is -0.140. The molecule has 0 bridgehead atoms. The molecule has 4 unspecified atom stereocenters. The summed E-state index contributed by atoms with van der Waals surface area (Å²) in [6, 6.07) is 0. The van der Waals surface area contributed by atoms with Crippen molar-refractivity contribution in [2.24, 2.45) is 5.92 Å². The minimum absolute atomic E-state index is 0.00142. The maximum Gasteiger partial charge on any atom is 0.0788 e. The molecule has 0 heterocycles. The van der Waals surface area contributed by atoms with E-state index in [2.05, 4.69) is 34.6 Å². The van der Waals surface area contributed by atoms with Crippen LogP contribution in [0.2, 0.25) is 0 Å². The first kappa shape index (κ1) is 20.8. The maximum absolute atomic E-state index is 8.91. The van der Waals surface area contributed by atoms with Gasteiger partial charge in [0.25, 0.3) is 0 Å². The van der Waals surface area contributed by atoms with Gasteiger partial charge in [-0.15, -0.1) is 0 Å². The van der Waals surface area contributed by atoms with Crippen molar-refractivity contribution in [3.8, 4) is 0 Å². The standard InChI is InChI=1S/C17H36O4/c1-8-9-17(7,13(2)3)21-16(6)12-20-15(5)11-19-14(4)10-18/h13-16,18H,8-12H2,1-7H3. The van der Waals surface area contributed by atoms with Crippen molar-refractivity contribution < 1.29 is 19.3 Å². The van der Waals surface area contributed by atoms with E-state index in [1.54, 1.807) is 0 Å². The molecular weight excluding hydrogens is 268 g/mol. The lowest BCUT2D eigenvalue weighted by Crippen LogP contribution is -2.39. The van der Waals surface area contributed by atoms with E-state index in [-0.39, 0.29) is 30.5 Å². The Balaban J connectivity index is 4.10. The average Bonchev–Trinajstić information content (AvgIpc) is 2.42. The average molecular weight is 304 g/mol. The molecule has 0 aromatic carbocycles. The lowest BCUT2D eigenvalue weighted by atomic mass is 9.87. The van der Waals surface area contributed by atoms with Crippen molar-refractivity contribution in [1.82, 2.24) is 0 Å². The predicted molar refractivity (Wildman–Crippen MR) is 86.6 cm³/mol. The van der Waals surface area contributed by atoms with Gasteiger partial charge in [-0.05, 0) is 40.0 Å². The summed E-state index contributed by atoms with van der Waals surface area (Å²) < 4.78 is 17.4. The quantitative estimate of drug-likeness (QED) is 0.600. The summed E-state index contributed by atoms with van der Waals surface area (Å²) >= 11 is 0. The molecule has 0 saturated carbocycles. The lowest BCUT2D eigenvalue weighted by molar-refractivity contribution is -0.141. The first-order chi connectivity index (χ1) is 9.75. The van der Waals surface area contributed by atoms with Crippen LogP contribution in [0.4, 0.5) is 0 Å². The Hall–Kier alpha value is -0.160. The normalized spacial score (nSPS) is 19.3. The van der Waals surface area contributed by atoms with Crippen LogP contribution in [-0.4, -0.2) is 48.8 Å². The molecule has 0 radical (unpaired) electrons. The summed E-state index contributed by atoms with van der Waals surface area (Å²) in [5, 5.41) is 8.91. The van der Waals surface area contributed by atoms with Crippen LogP contribution >= 0.6 is 0 Å². The summed E-state index contributed by atoms with van der Waals surface area (Å²) in [4.78, 5) is 0. The van der Waals surface area contributed by atoms with Crippen LogP contribution in [0.15, 0.2) is 0 Å². The van der Waals surface area contributed by atoms with E-state index in [0.717, 1.165) is 12.8 Å². The highest BCUT2D eigenvalue weighted by atomic mass is 16.6. The van der Waals surface area contributed by atoms with Gasteiger partial charge in [-0.3, -0.25) is 0 Å². The van der Waals surface area contributed by atoms with E-state index >= 15 is 0 Å². The highest BCUT2D eigenvalue weighted by Gasteiger charge is 2.30. The van der Waals surface area contributed by atoms with Crippen molar-refractivity contribution in [3.05, 3.63) is 0 Å². The molecule has 0 aliphatic carbocycles. The van der Waals surface area contributed by atoms with Gasteiger partial charge < -0.3 is 19.3 Å². The lowest BCUT2D eigenvalue weighted by Gasteiger charge is -2.36. The predicted octanol–water partition coefficient (Wildman–Crippen LogP) is 3.41. The zero-order valence-corrected chi connectivity index (χ0v) is 15.0. The molecule has 0 aromatic heterocycles. The van der Waals surface area contributed by atoms with E-state index in [1.165, 1.54) is 0 Å². The van der Waals surface area contributed by atoms with Gasteiger partial charge in [-0.1, -0.05) is 27.2 Å². The molecule has 0 rings (SSSR count). The summed E-state index contributed by atoms with van der Waals surface area (Å²) in [7, 11) is 0. The summed E-state index contributed by atoms with van der Waals surface area (Å²) in [6.07, 6.45) is 2.09. The first-order valence-electron chi connectivity index (χ1n) is 8.27. The molecule has 128 valence electrons. The summed E-state index contributed by atoms with van der Waals surface area (Å²) in [5.41, 5.74) is -0.0946. The Bertz CT molecular complexity index is 257. The van der Waals surface area contributed by atoms with Gasteiger partial charge in [-0.25, -0.2) is 0 Å². The Kier molecular flexibility index (Phi) is 10.5. The van der Waals surface area contributed by atoms with E-state index in [9.17, 15) is 0 Å². The molecule has 4 heteroatoms. The largest absolute Gasteiger partial charge is 0.394 e. The molecule has 0 aliphatic heterocycles. The van der Waals surface area contributed by atoms with Crippen LogP contribution in [0.3, 0.4) is 0 Å². The smallest absolute Gasteiger partial charge is 0.0788 e. The van der Waals surface area contributed by atoms with Crippen molar-refractivity contribution in [1.29, 1.82) is 0 Å². The fraction of sp³-hybridized carbons (Fsp3) is 1.00. The highest BCUT2D eigenvalue weighted by molar-refractivity contribution is 4.79. The molecule has 4 nitrogen and oxygen atoms in total. The molecule has 0 fully saturated rings. The Labute approximate surface area is 131 Å². The number of ether oxygens (including phenoxy) is 3. The van der Waals surface area contributed by atoms with Crippen molar-refractivity contribution in [3.63, 3.8) is 0 Å². The van der Waals surface area contributed by atoms with Gasteiger partial charge in [-0.2, -0.15) is 0 Å². The second kappa shape index (κ2) is 10.5. The van der Waals surface area contributed by atoms with Crippen molar-refractivity contribution >= 4 is 0 Å². The maximum atomic E-state index is 8.91. The fourth-order valence-electron chi connectivity index (χ4n) is 2.17. The van der Waals surface area contributed by atoms with Crippen LogP contribution in [0, 0.1) is 5.92 Å². The van der Waals surface area contributed by atoms with Crippen LogP contribution < -0.4 is 0 Å². The SMILES string of the molecule is CCCC(C)(OC(C)COC(C)COC(C)CO)C(C)C. The molecular formula is C17H36O4. The number of rotatable bonds is 12. The Morgan fingerprint density at radius 1 is 0.905 bits per heavy atom. The van der Waals surface area contributed by atoms with Crippen LogP contribution in [0.1, 0.15) is 61.3 Å². The third-order valence-corrected chi connectivity index (χ3v) is 3.93. The van der Waals surface area contributed by atoms with E-state index < -0.39 is 0 Å². The minimum Gasteiger partial charge on any atom is -0.394 e. The molecule has 0 aromatic rings. The third kappa shape index (κ3) is 8.77. The van der Waals surface area contributed by atoms with Gasteiger partial charge >= 0.3 is 0 Å². The third-order valence-electron chi connectivity index (χ3n) is 3.93. The number of hydrogen-bond donors (Lipinski definition) is 1. The topological polar surface area (TPSA) is 47.9 Å². The van der Waals surface area contributed by atoms with E-state index in [1.807, 2.05) is 13.8 Å². The molecule has 0 amide bonds. The number of aliphatic hydroxyl groups excluding tert-OH is 1. The Morgan fingerprint density at radius 2 is 1.43 bits per heavy atom. The monoisotopic (exact) mass is 304 g/mol. The zero-order chi connectivity index (χ0) is 16.5. The van der Waals surface area contributed by atoms with Gasteiger partial charge in [0.2, 0.25) is 0 Å².